The van der Waals surface area contributed by atoms with Gasteiger partial charge in [-0.1, -0.05) is 24.3 Å². The second-order valence-electron chi connectivity index (χ2n) is 10.1. The lowest BCUT2D eigenvalue weighted by molar-refractivity contribution is -0.155. The van der Waals surface area contributed by atoms with Crippen LogP contribution in [0.15, 0.2) is 42.0 Å². The van der Waals surface area contributed by atoms with Gasteiger partial charge in [0.15, 0.2) is 0 Å². The average molecular weight is 584 g/mol. The number of benzene rings is 2. The van der Waals surface area contributed by atoms with Crippen molar-refractivity contribution in [3.63, 3.8) is 0 Å². The number of alkyl halides is 3. The Bertz CT molecular complexity index is 1230. The van der Waals surface area contributed by atoms with Crippen LogP contribution in [-0.2, 0) is 25.4 Å². The number of nitrogens with zero attached hydrogens (tertiary/aromatic N) is 1. The van der Waals surface area contributed by atoms with Gasteiger partial charge < -0.3 is 18.9 Å². The molecule has 0 bridgehead atoms. The number of fused-ring (bicyclic) bond motifs is 2. The first-order chi connectivity index (χ1) is 19.6. The Hall–Kier alpha value is -3.02. The highest BCUT2D eigenvalue weighted by Gasteiger charge is 2.45. The van der Waals surface area contributed by atoms with Crippen LogP contribution >= 0.6 is 0 Å². The Morgan fingerprint density at radius 3 is 2.44 bits per heavy atom. The molecule has 2 aromatic carbocycles. The summed E-state index contributed by atoms with van der Waals surface area (Å²) in [6.07, 6.45) is -3.33. The second-order valence-corrected chi connectivity index (χ2v) is 10.1. The first-order valence-electron chi connectivity index (χ1n) is 13.6. The van der Waals surface area contributed by atoms with Crippen molar-refractivity contribution in [3.8, 4) is 5.75 Å². The fourth-order valence-electron chi connectivity index (χ4n) is 5.47. The first kappa shape index (κ1) is 30.9. The minimum atomic E-state index is -4.54. The van der Waals surface area contributed by atoms with E-state index in [9.17, 15) is 18.0 Å². The topological polar surface area (TPSA) is 57.2 Å². The lowest BCUT2D eigenvalue weighted by atomic mass is 9.84. The van der Waals surface area contributed by atoms with Gasteiger partial charge in [-0.25, -0.2) is 13.6 Å². The molecule has 2 aromatic rings. The minimum Gasteiger partial charge on any atom is -0.491 e. The predicted molar refractivity (Wildman–Crippen MR) is 141 cm³/mol. The van der Waals surface area contributed by atoms with E-state index in [0.717, 1.165) is 33.7 Å². The van der Waals surface area contributed by atoms with E-state index in [1.54, 1.807) is 13.8 Å². The third-order valence-electron chi connectivity index (χ3n) is 7.13. The van der Waals surface area contributed by atoms with E-state index in [0.29, 0.717) is 38.0 Å². The molecule has 6 nitrogen and oxygen atoms in total. The predicted octanol–water partition coefficient (Wildman–Crippen LogP) is 6.04. The summed E-state index contributed by atoms with van der Waals surface area (Å²) in [4.78, 5) is 12.3. The number of hydrogen-bond donors (Lipinski definition) is 0. The van der Waals surface area contributed by atoms with Gasteiger partial charge in [-0.3, -0.25) is 4.90 Å². The summed E-state index contributed by atoms with van der Waals surface area (Å²) in [6.45, 7) is 2.99. The van der Waals surface area contributed by atoms with Crippen molar-refractivity contribution in [2.45, 2.75) is 51.4 Å². The fourth-order valence-corrected chi connectivity index (χ4v) is 5.47. The molecule has 0 amide bonds. The van der Waals surface area contributed by atoms with Crippen molar-refractivity contribution in [1.82, 2.24) is 4.90 Å². The van der Waals surface area contributed by atoms with Gasteiger partial charge in [-0.2, -0.15) is 13.2 Å². The second kappa shape index (κ2) is 13.8. The minimum absolute atomic E-state index is 0.00712. The van der Waals surface area contributed by atoms with Crippen LogP contribution in [0, 0.1) is 11.6 Å². The van der Waals surface area contributed by atoms with Crippen LogP contribution in [0.2, 0.25) is 0 Å². The van der Waals surface area contributed by atoms with Crippen molar-refractivity contribution in [1.29, 1.82) is 0 Å². The molecule has 41 heavy (non-hydrogen) atoms. The highest BCUT2D eigenvalue weighted by molar-refractivity contribution is 5.79. The first-order valence-corrected chi connectivity index (χ1v) is 13.6. The number of rotatable bonds is 13. The van der Waals surface area contributed by atoms with E-state index in [-0.39, 0.29) is 32.2 Å². The monoisotopic (exact) mass is 583 g/mol. The molecule has 0 N–H and O–H groups in total. The van der Waals surface area contributed by atoms with Gasteiger partial charge in [0, 0.05) is 37.0 Å². The number of ether oxygens (including phenoxy) is 4. The SMILES string of the molecule is CCOC(=O)COCCCOCCOc1cc(F)c([C@@H]2C3=C(C[C@@H](C)N2CC(F)(F)F)c2ccccc2C3)c(F)c1. The summed E-state index contributed by atoms with van der Waals surface area (Å²) in [5.41, 5.74) is 2.92. The van der Waals surface area contributed by atoms with Crippen LogP contribution in [0.4, 0.5) is 22.0 Å². The number of hydrogen-bond acceptors (Lipinski definition) is 6. The highest BCUT2D eigenvalue weighted by Crippen LogP contribution is 2.50. The molecule has 0 spiro atoms. The van der Waals surface area contributed by atoms with Crippen LogP contribution in [-0.4, -0.2) is 69.3 Å². The lowest BCUT2D eigenvalue weighted by Crippen LogP contribution is -2.46. The Balaban J connectivity index is 1.41. The van der Waals surface area contributed by atoms with Crippen molar-refractivity contribution in [3.05, 3.63) is 70.3 Å². The van der Waals surface area contributed by atoms with Gasteiger partial charge in [0.05, 0.1) is 25.8 Å². The van der Waals surface area contributed by atoms with E-state index in [2.05, 4.69) is 0 Å². The molecular weight excluding hydrogens is 549 g/mol. The number of carbonyl (C=O) groups excluding carboxylic acids is 1. The van der Waals surface area contributed by atoms with Crippen LogP contribution in [0.5, 0.6) is 5.75 Å². The zero-order valence-corrected chi connectivity index (χ0v) is 23.1. The Labute approximate surface area is 236 Å². The molecule has 0 unspecified atom stereocenters. The molecule has 1 heterocycles. The molecule has 0 fully saturated rings. The third kappa shape index (κ3) is 7.84. The summed E-state index contributed by atoms with van der Waals surface area (Å²) in [5, 5.41) is 0. The standard InChI is InChI=1S/C30H34F5NO5/c1-3-40-27(37)17-39-10-6-9-38-11-12-41-21-15-25(31)28(26(32)16-21)29-24-14-20-7-4-5-8-22(20)23(24)13-19(2)36(29)18-30(33,34)35/h4-5,7-8,15-16,19,29H,3,6,9-14,17-18H2,1-2H3/t19-,29+/m1/s1. The molecular formula is C30H34F5NO5. The summed E-state index contributed by atoms with van der Waals surface area (Å²) in [7, 11) is 0. The number of esters is 1. The van der Waals surface area contributed by atoms with Crippen LogP contribution in [0.3, 0.4) is 0 Å². The maximum absolute atomic E-state index is 15.5. The molecule has 4 rings (SSSR count). The molecule has 224 valence electrons. The maximum atomic E-state index is 15.5. The molecule has 2 atom stereocenters. The highest BCUT2D eigenvalue weighted by atomic mass is 19.4. The van der Waals surface area contributed by atoms with Crippen LogP contribution in [0.1, 0.15) is 49.4 Å². The fraction of sp³-hybridized carbons (Fsp3) is 0.500. The van der Waals surface area contributed by atoms with Crippen molar-refractivity contribution in [2.24, 2.45) is 0 Å². The molecule has 1 aliphatic heterocycles. The Morgan fingerprint density at radius 2 is 1.73 bits per heavy atom. The molecule has 0 saturated carbocycles. The molecule has 1 aliphatic carbocycles. The molecule has 2 aliphatic rings. The van der Waals surface area contributed by atoms with E-state index in [1.807, 2.05) is 24.3 Å². The van der Waals surface area contributed by atoms with Gasteiger partial charge in [0.1, 0.15) is 30.6 Å². The third-order valence-corrected chi connectivity index (χ3v) is 7.13. The van der Waals surface area contributed by atoms with Crippen molar-refractivity contribution in [2.75, 3.05) is 46.2 Å². The lowest BCUT2D eigenvalue weighted by Gasteiger charge is -2.42. The Morgan fingerprint density at radius 1 is 1.02 bits per heavy atom. The van der Waals surface area contributed by atoms with Crippen molar-refractivity contribution < 1.29 is 45.7 Å². The van der Waals surface area contributed by atoms with E-state index < -0.39 is 48.0 Å². The summed E-state index contributed by atoms with van der Waals surface area (Å²) in [6, 6.07) is 7.73. The van der Waals surface area contributed by atoms with Gasteiger partial charge in [-0.05, 0) is 55.4 Å². The zero-order chi connectivity index (χ0) is 29.6. The van der Waals surface area contributed by atoms with Gasteiger partial charge in [0.25, 0.3) is 0 Å². The smallest absolute Gasteiger partial charge is 0.401 e. The maximum Gasteiger partial charge on any atom is 0.401 e. The van der Waals surface area contributed by atoms with Crippen LogP contribution < -0.4 is 4.74 Å². The molecule has 0 aromatic heterocycles. The van der Waals surface area contributed by atoms with E-state index in [4.69, 9.17) is 18.9 Å². The largest absolute Gasteiger partial charge is 0.491 e. The zero-order valence-electron chi connectivity index (χ0n) is 23.1. The van der Waals surface area contributed by atoms with Crippen LogP contribution in [0.25, 0.3) is 5.57 Å². The Kier molecular flexibility index (Phi) is 10.4. The quantitative estimate of drug-likeness (QED) is 0.163. The van der Waals surface area contributed by atoms with Gasteiger partial charge in [-0.15, -0.1) is 0 Å². The summed E-state index contributed by atoms with van der Waals surface area (Å²) in [5.74, 6) is -2.45. The molecule has 11 heteroatoms. The number of carbonyl (C=O) groups is 1. The van der Waals surface area contributed by atoms with Gasteiger partial charge in [0.2, 0.25) is 0 Å². The summed E-state index contributed by atoms with van der Waals surface area (Å²) < 4.78 is 92.7. The van der Waals surface area contributed by atoms with Crippen molar-refractivity contribution >= 4 is 11.5 Å². The average Bonchev–Trinajstić information content (AvgIpc) is 3.26. The molecule has 0 radical (unpaired) electrons. The normalized spacial score (nSPS) is 18.8. The number of halogens is 5. The van der Waals surface area contributed by atoms with E-state index in [1.165, 1.54) is 0 Å². The summed E-state index contributed by atoms with van der Waals surface area (Å²) >= 11 is 0. The van der Waals surface area contributed by atoms with E-state index >= 15 is 8.78 Å². The van der Waals surface area contributed by atoms with Gasteiger partial charge >= 0.3 is 12.1 Å². The molecule has 0 saturated heterocycles.